The maximum atomic E-state index is 13.0. The Balaban J connectivity index is 1.77. The van der Waals surface area contributed by atoms with Crippen molar-refractivity contribution in [2.24, 2.45) is 0 Å². The zero-order valence-electron chi connectivity index (χ0n) is 17.0. The van der Waals surface area contributed by atoms with Gasteiger partial charge in [-0.05, 0) is 31.2 Å². The minimum atomic E-state index is -0.670. The Morgan fingerprint density at radius 3 is 2.42 bits per heavy atom. The van der Waals surface area contributed by atoms with Crippen molar-refractivity contribution >= 4 is 28.5 Å². The number of esters is 1. The molecule has 3 aromatic carbocycles. The molecule has 0 radical (unpaired) electrons. The number of anilines is 1. The molecule has 1 aromatic heterocycles. The maximum Gasteiger partial charge on any atom is 0.347 e. The van der Waals surface area contributed by atoms with E-state index in [1.165, 1.54) is 6.92 Å². The lowest BCUT2D eigenvalue weighted by molar-refractivity contribution is -0.114. The highest BCUT2D eigenvalue weighted by Crippen LogP contribution is 2.28. The second kappa shape index (κ2) is 8.28. The number of rotatable bonds is 4. The molecule has 1 N–H and O–H groups in total. The van der Waals surface area contributed by atoms with Gasteiger partial charge in [-0.1, -0.05) is 42.5 Å². The van der Waals surface area contributed by atoms with Crippen molar-refractivity contribution in [3.05, 3.63) is 94.1 Å². The van der Waals surface area contributed by atoms with E-state index in [2.05, 4.69) is 5.32 Å². The van der Waals surface area contributed by atoms with Gasteiger partial charge in [-0.3, -0.25) is 9.59 Å². The fourth-order valence-corrected chi connectivity index (χ4v) is 3.34. The zero-order valence-corrected chi connectivity index (χ0v) is 17.0. The van der Waals surface area contributed by atoms with E-state index in [0.29, 0.717) is 22.4 Å². The van der Waals surface area contributed by atoms with E-state index >= 15 is 0 Å². The van der Waals surface area contributed by atoms with Crippen molar-refractivity contribution in [1.82, 2.24) is 0 Å². The third-order valence-electron chi connectivity index (χ3n) is 4.77. The molecular formula is C25H19NO5. The molecule has 0 saturated carbocycles. The summed E-state index contributed by atoms with van der Waals surface area (Å²) < 4.78 is 11.6. The zero-order chi connectivity index (χ0) is 22.0. The van der Waals surface area contributed by atoms with E-state index < -0.39 is 5.97 Å². The van der Waals surface area contributed by atoms with Crippen LogP contribution in [0, 0.1) is 6.92 Å². The monoisotopic (exact) mass is 413 g/mol. The first-order chi connectivity index (χ1) is 14.9. The molecule has 1 amide bonds. The molecule has 0 aliphatic carbocycles. The largest absolute Gasteiger partial charge is 0.455 e. The van der Waals surface area contributed by atoms with Crippen LogP contribution < -0.4 is 15.5 Å². The number of nitrogens with one attached hydrogen (secondary N) is 1. The number of carbonyl (C=O) groups is 2. The number of hydrogen-bond acceptors (Lipinski definition) is 5. The lowest BCUT2D eigenvalue weighted by Gasteiger charge is -2.11. The quantitative estimate of drug-likeness (QED) is 0.378. The molecule has 6 heteroatoms. The van der Waals surface area contributed by atoms with Crippen molar-refractivity contribution < 1.29 is 18.7 Å². The summed E-state index contributed by atoms with van der Waals surface area (Å²) in [5.74, 6) is -0.239. The highest BCUT2D eigenvalue weighted by molar-refractivity contribution is 6.03. The minimum Gasteiger partial charge on any atom is -0.455 e. The topological polar surface area (TPSA) is 85.6 Å². The summed E-state index contributed by atoms with van der Waals surface area (Å²) in [5.41, 5.74) is 1.81. The Morgan fingerprint density at radius 2 is 1.68 bits per heavy atom. The molecule has 1 heterocycles. The number of fused-ring (bicyclic) bond motifs is 1. The van der Waals surface area contributed by atoms with Gasteiger partial charge >= 0.3 is 5.97 Å². The van der Waals surface area contributed by atoms with E-state index in [0.717, 1.165) is 5.56 Å². The van der Waals surface area contributed by atoms with Crippen LogP contribution in [0.1, 0.15) is 22.8 Å². The van der Waals surface area contributed by atoms with Crippen LogP contribution in [-0.4, -0.2) is 11.9 Å². The predicted octanol–water partition coefficient (Wildman–Crippen LogP) is 4.95. The first kappa shape index (κ1) is 20.1. The summed E-state index contributed by atoms with van der Waals surface area (Å²) in [5, 5.41) is 2.94. The standard InChI is InChI=1S/C25H19NO5/c1-15-22(28)20-12-7-13-21(24(20)31-23(15)17-8-4-3-5-9-17)25(29)30-19-11-6-10-18(14-19)26-16(2)27/h3-14H,1-2H3,(H,26,27). The second-order valence-electron chi connectivity index (χ2n) is 7.03. The summed E-state index contributed by atoms with van der Waals surface area (Å²) in [7, 11) is 0. The maximum absolute atomic E-state index is 13.0. The van der Waals surface area contributed by atoms with Gasteiger partial charge in [-0.15, -0.1) is 0 Å². The third kappa shape index (κ3) is 4.09. The Hall–Kier alpha value is -4.19. The van der Waals surface area contributed by atoms with E-state index in [-0.39, 0.29) is 28.2 Å². The van der Waals surface area contributed by atoms with Gasteiger partial charge in [-0.2, -0.15) is 0 Å². The summed E-state index contributed by atoms with van der Waals surface area (Å²) in [6, 6.07) is 20.5. The predicted molar refractivity (Wildman–Crippen MR) is 118 cm³/mol. The molecule has 4 aromatic rings. The first-order valence-electron chi connectivity index (χ1n) is 9.65. The number of para-hydroxylation sites is 1. The van der Waals surface area contributed by atoms with Crippen LogP contribution in [0.25, 0.3) is 22.3 Å². The number of benzene rings is 3. The van der Waals surface area contributed by atoms with Gasteiger partial charge in [0.1, 0.15) is 17.1 Å². The first-order valence-corrected chi connectivity index (χ1v) is 9.65. The molecule has 0 aliphatic rings. The summed E-state index contributed by atoms with van der Waals surface area (Å²) in [4.78, 5) is 37.1. The van der Waals surface area contributed by atoms with Gasteiger partial charge in [0.05, 0.1) is 5.39 Å². The second-order valence-corrected chi connectivity index (χ2v) is 7.03. The molecule has 0 bridgehead atoms. The fourth-order valence-electron chi connectivity index (χ4n) is 3.34. The average molecular weight is 413 g/mol. The summed E-state index contributed by atoms with van der Waals surface area (Å²) in [6.07, 6.45) is 0. The lowest BCUT2D eigenvalue weighted by Crippen LogP contribution is -2.13. The highest BCUT2D eigenvalue weighted by Gasteiger charge is 2.19. The van der Waals surface area contributed by atoms with Crippen molar-refractivity contribution in [3.8, 4) is 17.1 Å². The van der Waals surface area contributed by atoms with Crippen molar-refractivity contribution in [2.75, 3.05) is 5.32 Å². The Morgan fingerprint density at radius 1 is 0.935 bits per heavy atom. The SMILES string of the molecule is CC(=O)Nc1cccc(OC(=O)c2cccc3c(=O)c(C)c(-c4ccccc4)oc23)c1. The molecule has 0 unspecified atom stereocenters. The van der Waals surface area contributed by atoms with Crippen molar-refractivity contribution in [3.63, 3.8) is 0 Å². The van der Waals surface area contributed by atoms with Crippen molar-refractivity contribution in [1.29, 1.82) is 0 Å². The molecule has 0 fully saturated rings. The van der Waals surface area contributed by atoms with Crippen LogP contribution in [0.5, 0.6) is 5.75 Å². The van der Waals surface area contributed by atoms with Gasteiger partial charge in [-0.25, -0.2) is 4.79 Å². The van der Waals surface area contributed by atoms with Crippen LogP contribution in [0.3, 0.4) is 0 Å². The highest BCUT2D eigenvalue weighted by atomic mass is 16.5. The average Bonchev–Trinajstić information content (AvgIpc) is 2.76. The number of amides is 1. The van der Waals surface area contributed by atoms with Crippen LogP contribution in [-0.2, 0) is 4.79 Å². The van der Waals surface area contributed by atoms with Crippen LogP contribution in [0.4, 0.5) is 5.69 Å². The van der Waals surface area contributed by atoms with Crippen LogP contribution in [0.15, 0.2) is 82.0 Å². The van der Waals surface area contributed by atoms with Crippen LogP contribution in [0.2, 0.25) is 0 Å². The Bertz CT molecular complexity index is 1360. The molecule has 6 nitrogen and oxygen atoms in total. The molecule has 0 aliphatic heterocycles. The number of ether oxygens (including phenoxy) is 1. The molecule has 154 valence electrons. The molecule has 0 atom stereocenters. The lowest BCUT2D eigenvalue weighted by atomic mass is 10.0. The van der Waals surface area contributed by atoms with Gasteiger partial charge in [0.2, 0.25) is 5.91 Å². The van der Waals surface area contributed by atoms with E-state index in [4.69, 9.17) is 9.15 Å². The minimum absolute atomic E-state index is 0.136. The normalized spacial score (nSPS) is 10.6. The number of hydrogen-bond donors (Lipinski definition) is 1. The van der Waals surface area contributed by atoms with Gasteiger partial charge in [0, 0.05) is 29.8 Å². The van der Waals surface area contributed by atoms with E-state index in [1.54, 1.807) is 49.4 Å². The number of carbonyl (C=O) groups excluding carboxylic acids is 2. The molecule has 0 spiro atoms. The molecular weight excluding hydrogens is 394 g/mol. The van der Waals surface area contributed by atoms with Crippen molar-refractivity contribution in [2.45, 2.75) is 13.8 Å². The third-order valence-corrected chi connectivity index (χ3v) is 4.77. The van der Waals surface area contributed by atoms with Gasteiger partial charge in [0.25, 0.3) is 0 Å². The van der Waals surface area contributed by atoms with E-state index in [1.807, 2.05) is 30.3 Å². The smallest absolute Gasteiger partial charge is 0.347 e. The summed E-state index contributed by atoms with van der Waals surface area (Å²) >= 11 is 0. The Labute approximate surface area is 178 Å². The van der Waals surface area contributed by atoms with Gasteiger partial charge in [0.15, 0.2) is 11.0 Å². The fraction of sp³-hybridized carbons (Fsp3) is 0.0800. The molecule has 0 saturated heterocycles. The van der Waals surface area contributed by atoms with E-state index in [9.17, 15) is 14.4 Å². The Kier molecular flexibility index (Phi) is 5.37. The van der Waals surface area contributed by atoms with Gasteiger partial charge < -0.3 is 14.5 Å². The molecule has 31 heavy (non-hydrogen) atoms. The van der Waals surface area contributed by atoms with Crippen LogP contribution >= 0.6 is 0 Å². The molecule has 4 rings (SSSR count). The summed E-state index contributed by atoms with van der Waals surface area (Å²) in [6.45, 7) is 3.09.